The largest absolute Gasteiger partial charge is 0.481 e. The molecule has 1 aromatic carbocycles. The van der Waals surface area contributed by atoms with Gasteiger partial charge in [0.1, 0.15) is 5.92 Å². The molecule has 5 nitrogen and oxygen atoms in total. The summed E-state index contributed by atoms with van der Waals surface area (Å²) in [6, 6.07) is 5.61. The van der Waals surface area contributed by atoms with E-state index in [1.165, 1.54) is 0 Å². The Hall–Kier alpha value is -1.66. The second-order valence-corrected chi connectivity index (χ2v) is 6.40. The summed E-state index contributed by atoms with van der Waals surface area (Å²) in [5, 5.41) is 12.2. The third-order valence-electron chi connectivity index (χ3n) is 4.19. The number of carboxylic acid groups (broad SMARTS) is 1. The number of benzene rings is 1. The molecule has 1 fully saturated rings. The number of fused-ring (bicyclic) bond motifs is 2. The van der Waals surface area contributed by atoms with Crippen molar-refractivity contribution in [3.8, 4) is 0 Å². The molecule has 2 N–H and O–H groups in total. The Morgan fingerprint density at radius 3 is 2.59 bits per heavy atom. The van der Waals surface area contributed by atoms with Crippen LogP contribution in [0.4, 0.5) is 5.69 Å². The molecule has 0 aromatic heterocycles. The van der Waals surface area contributed by atoms with Crippen molar-refractivity contribution in [1.82, 2.24) is 0 Å². The lowest BCUT2D eigenvalue weighted by molar-refractivity contribution is -0.145. The average molecular weight is 366 g/mol. The summed E-state index contributed by atoms with van der Waals surface area (Å²) in [6.45, 7) is 2.00. The molecule has 1 aromatic rings. The summed E-state index contributed by atoms with van der Waals surface area (Å²) < 4.78 is 6.47. The lowest BCUT2D eigenvalue weighted by Crippen LogP contribution is -2.39. The molecule has 0 radical (unpaired) electrons. The maximum atomic E-state index is 12.6. The molecule has 3 rings (SSSR count). The predicted molar refractivity (Wildman–Crippen MR) is 84.6 cm³/mol. The highest BCUT2D eigenvalue weighted by Crippen LogP contribution is 2.40. The molecule has 0 aliphatic carbocycles. The van der Waals surface area contributed by atoms with E-state index in [0.717, 1.165) is 16.5 Å². The van der Waals surface area contributed by atoms with Crippen molar-refractivity contribution in [2.75, 3.05) is 5.32 Å². The molecule has 0 saturated carbocycles. The van der Waals surface area contributed by atoms with Gasteiger partial charge in [0.15, 0.2) is 0 Å². The van der Waals surface area contributed by atoms with Crippen LogP contribution in [0, 0.1) is 11.8 Å². The van der Waals surface area contributed by atoms with Crippen LogP contribution >= 0.6 is 15.9 Å². The summed E-state index contributed by atoms with van der Waals surface area (Å²) in [6.07, 6.45) is 3.31. The first-order chi connectivity index (χ1) is 10.5. The van der Waals surface area contributed by atoms with Crippen molar-refractivity contribution < 1.29 is 19.4 Å². The number of carboxylic acids is 1. The lowest BCUT2D eigenvalue weighted by Gasteiger charge is -2.21. The number of anilines is 1. The molecule has 116 valence electrons. The third-order valence-corrected chi connectivity index (χ3v) is 4.69. The van der Waals surface area contributed by atoms with Crippen LogP contribution in [-0.4, -0.2) is 29.2 Å². The predicted octanol–water partition coefficient (Wildman–Crippen LogP) is 2.60. The highest BCUT2D eigenvalue weighted by atomic mass is 79.9. The molecule has 4 unspecified atom stereocenters. The fraction of sp³-hybridized carbons (Fsp3) is 0.375. The minimum atomic E-state index is -0.997. The molecule has 2 aliphatic rings. The molecule has 0 spiro atoms. The van der Waals surface area contributed by atoms with Crippen molar-refractivity contribution >= 4 is 33.5 Å². The van der Waals surface area contributed by atoms with E-state index < -0.39 is 30.0 Å². The fourth-order valence-corrected chi connectivity index (χ4v) is 3.52. The minimum absolute atomic E-state index is 0.304. The number of hydrogen-bond donors (Lipinski definition) is 2. The van der Waals surface area contributed by atoms with Gasteiger partial charge in [0.25, 0.3) is 0 Å². The van der Waals surface area contributed by atoms with Gasteiger partial charge in [0.2, 0.25) is 5.91 Å². The van der Waals surface area contributed by atoms with Gasteiger partial charge in [-0.3, -0.25) is 9.59 Å². The number of carbonyl (C=O) groups is 2. The molecule has 6 heteroatoms. The van der Waals surface area contributed by atoms with Crippen LogP contribution in [0.15, 0.2) is 34.8 Å². The van der Waals surface area contributed by atoms with E-state index in [1.807, 2.05) is 25.1 Å². The number of rotatable bonds is 4. The van der Waals surface area contributed by atoms with E-state index in [2.05, 4.69) is 21.2 Å². The van der Waals surface area contributed by atoms with Crippen molar-refractivity contribution in [1.29, 1.82) is 0 Å². The van der Waals surface area contributed by atoms with Crippen LogP contribution in [0.2, 0.25) is 0 Å². The van der Waals surface area contributed by atoms with Gasteiger partial charge in [-0.25, -0.2) is 0 Å². The quantitative estimate of drug-likeness (QED) is 0.804. The van der Waals surface area contributed by atoms with Crippen LogP contribution < -0.4 is 5.32 Å². The van der Waals surface area contributed by atoms with Gasteiger partial charge in [-0.05, 0) is 30.2 Å². The molecule has 22 heavy (non-hydrogen) atoms. The van der Waals surface area contributed by atoms with Gasteiger partial charge in [-0.2, -0.15) is 0 Å². The van der Waals surface area contributed by atoms with Crippen molar-refractivity contribution in [2.45, 2.75) is 25.6 Å². The Kier molecular flexibility index (Phi) is 4.06. The second-order valence-electron chi connectivity index (χ2n) is 5.48. The number of carbonyl (C=O) groups excluding carboxylic acids is 1. The van der Waals surface area contributed by atoms with E-state index in [0.29, 0.717) is 5.69 Å². The third kappa shape index (κ3) is 2.57. The zero-order valence-corrected chi connectivity index (χ0v) is 13.5. The Bertz CT molecular complexity index is 658. The molecule has 1 amide bonds. The average Bonchev–Trinajstić information content (AvgIpc) is 3.09. The Balaban J connectivity index is 1.83. The summed E-state index contributed by atoms with van der Waals surface area (Å²) >= 11 is 3.41. The molecule has 4 atom stereocenters. The monoisotopic (exact) mass is 365 g/mol. The van der Waals surface area contributed by atoms with Gasteiger partial charge in [0.05, 0.1) is 18.1 Å². The fourth-order valence-electron chi connectivity index (χ4n) is 3.11. The van der Waals surface area contributed by atoms with Gasteiger partial charge in [-0.1, -0.05) is 35.0 Å². The molecule has 1 saturated heterocycles. The van der Waals surface area contributed by atoms with Crippen LogP contribution in [0.1, 0.15) is 12.5 Å². The van der Waals surface area contributed by atoms with Crippen molar-refractivity contribution in [3.63, 3.8) is 0 Å². The maximum absolute atomic E-state index is 12.6. The minimum Gasteiger partial charge on any atom is -0.481 e. The highest BCUT2D eigenvalue weighted by molar-refractivity contribution is 9.10. The zero-order valence-electron chi connectivity index (χ0n) is 12.0. The SMILES string of the molecule is CCc1cc(Br)ccc1NC(=O)C1C2C=CC(O2)C1C(=O)O. The van der Waals surface area contributed by atoms with Gasteiger partial charge < -0.3 is 15.2 Å². The Morgan fingerprint density at radius 2 is 1.95 bits per heavy atom. The second kappa shape index (κ2) is 5.85. The molecular formula is C16H16BrNO4. The van der Waals surface area contributed by atoms with Crippen molar-refractivity contribution in [3.05, 3.63) is 40.4 Å². The van der Waals surface area contributed by atoms with E-state index in [9.17, 15) is 14.7 Å². The number of ether oxygens (including phenoxy) is 1. The normalized spacial score (nSPS) is 28.8. The first kappa shape index (κ1) is 15.2. The smallest absolute Gasteiger partial charge is 0.310 e. The van der Waals surface area contributed by atoms with Gasteiger partial charge in [0, 0.05) is 10.2 Å². The number of amides is 1. The van der Waals surface area contributed by atoms with E-state index in [-0.39, 0.29) is 5.91 Å². The molecular weight excluding hydrogens is 350 g/mol. The summed E-state index contributed by atoms with van der Waals surface area (Å²) in [7, 11) is 0. The van der Waals surface area contributed by atoms with Crippen LogP contribution in [-0.2, 0) is 20.7 Å². The zero-order chi connectivity index (χ0) is 15.9. The number of hydrogen-bond acceptors (Lipinski definition) is 3. The molecule has 2 bridgehead atoms. The highest BCUT2D eigenvalue weighted by Gasteiger charge is 2.53. The Morgan fingerprint density at radius 1 is 1.27 bits per heavy atom. The van der Waals surface area contributed by atoms with Gasteiger partial charge >= 0.3 is 5.97 Å². The summed E-state index contributed by atoms with van der Waals surface area (Å²) in [5.41, 5.74) is 1.71. The number of aryl methyl sites for hydroxylation is 1. The topological polar surface area (TPSA) is 75.6 Å². The standard InChI is InChI=1S/C16H16BrNO4/c1-2-8-7-9(17)3-4-10(8)18-15(19)13-11-5-6-12(22-11)14(13)16(20)21/h3-7,11-14H,2H2,1H3,(H,18,19)(H,20,21). The number of aliphatic carboxylic acids is 1. The van der Waals surface area contributed by atoms with Gasteiger partial charge in [-0.15, -0.1) is 0 Å². The van der Waals surface area contributed by atoms with Crippen LogP contribution in [0.3, 0.4) is 0 Å². The lowest BCUT2D eigenvalue weighted by atomic mass is 9.82. The maximum Gasteiger partial charge on any atom is 0.310 e. The summed E-state index contributed by atoms with van der Waals surface area (Å²) in [5.74, 6) is -2.82. The first-order valence-corrected chi connectivity index (χ1v) is 7.96. The van der Waals surface area contributed by atoms with Crippen LogP contribution in [0.25, 0.3) is 0 Å². The number of nitrogens with one attached hydrogen (secondary N) is 1. The van der Waals surface area contributed by atoms with E-state index in [4.69, 9.17) is 4.74 Å². The van der Waals surface area contributed by atoms with Crippen molar-refractivity contribution in [2.24, 2.45) is 11.8 Å². The van der Waals surface area contributed by atoms with E-state index >= 15 is 0 Å². The summed E-state index contributed by atoms with van der Waals surface area (Å²) in [4.78, 5) is 24.0. The van der Waals surface area contributed by atoms with E-state index in [1.54, 1.807) is 12.2 Å². The number of halogens is 1. The molecule has 2 heterocycles. The Labute approximate surface area is 136 Å². The van der Waals surface area contributed by atoms with Crippen LogP contribution in [0.5, 0.6) is 0 Å². The molecule has 2 aliphatic heterocycles. The first-order valence-electron chi connectivity index (χ1n) is 7.17.